The molecule has 8 nitrogen and oxygen atoms in total. The van der Waals surface area contributed by atoms with Crippen molar-refractivity contribution in [2.45, 2.75) is 16.6 Å². The van der Waals surface area contributed by atoms with Crippen LogP contribution in [0.2, 0.25) is 0 Å². The van der Waals surface area contributed by atoms with Crippen molar-refractivity contribution in [1.82, 2.24) is 20.1 Å². The van der Waals surface area contributed by atoms with Crippen molar-refractivity contribution < 1.29 is 14.0 Å². The first-order valence-corrected chi connectivity index (χ1v) is 10.5. The number of rotatable bonds is 8. The third-order valence-electron chi connectivity index (χ3n) is 3.79. The number of thioether (sulfide) groups is 2. The van der Waals surface area contributed by atoms with E-state index >= 15 is 0 Å². The lowest BCUT2D eigenvalue weighted by Crippen LogP contribution is -2.24. The van der Waals surface area contributed by atoms with E-state index in [1.165, 1.54) is 18.0 Å². The smallest absolute Gasteiger partial charge is 0.287 e. The number of para-hydroxylation sites is 1. The van der Waals surface area contributed by atoms with Crippen LogP contribution in [0.1, 0.15) is 16.4 Å². The van der Waals surface area contributed by atoms with E-state index in [0.29, 0.717) is 11.0 Å². The minimum Gasteiger partial charge on any atom is -0.459 e. The van der Waals surface area contributed by atoms with E-state index in [2.05, 4.69) is 20.8 Å². The van der Waals surface area contributed by atoms with Gasteiger partial charge in [0, 0.05) is 11.9 Å². The number of carbonyl (C=O) groups is 2. The van der Waals surface area contributed by atoms with E-state index < -0.39 is 0 Å². The van der Waals surface area contributed by atoms with Crippen molar-refractivity contribution in [3.63, 3.8) is 0 Å². The molecule has 0 spiro atoms. The zero-order valence-electron chi connectivity index (χ0n) is 15.3. The standard InChI is InChI=1S/C18H19N5O3S2/c1-23-15(10-19-17(25)13-7-5-9-26-13)21-22-18(23)28-11-16(24)20-12-6-3-4-8-14(12)27-2/h3-9H,10-11H2,1-2H3,(H,19,25)(H,20,24). The fourth-order valence-electron chi connectivity index (χ4n) is 2.34. The highest BCUT2D eigenvalue weighted by Crippen LogP contribution is 2.25. The molecular weight excluding hydrogens is 398 g/mol. The molecule has 3 aromatic rings. The van der Waals surface area contributed by atoms with Gasteiger partial charge < -0.3 is 19.6 Å². The van der Waals surface area contributed by atoms with Crippen LogP contribution in [-0.4, -0.2) is 38.6 Å². The first-order chi connectivity index (χ1) is 13.6. The number of carbonyl (C=O) groups excluding carboxylic acids is 2. The molecule has 2 amide bonds. The number of nitrogens with zero attached hydrogens (tertiary/aromatic N) is 3. The molecule has 0 saturated carbocycles. The SMILES string of the molecule is CSc1ccccc1NC(=O)CSc1nnc(CNC(=O)c2ccco2)n1C. The Morgan fingerprint density at radius 1 is 1.18 bits per heavy atom. The van der Waals surface area contributed by atoms with E-state index in [1.54, 1.807) is 35.5 Å². The van der Waals surface area contributed by atoms with E-state index in [9.17, 15) is 9.59 Å². The van der Waals surface area contributed by atoms with E-state index in [1.807, 2.05) is 30.5 Å². The van der Waals surface area contributed by atoms with Crippen molar-refractivity contribution in [3.05, 3.63) is 54.2 Å². The molecule has 0 unspecified atom stereocenters. The first-order valence-electron chi connectivity index (χ1n) is 8.34. The summed E-state index contributed by atoms with van der Waals surface area (Å²) in [5.74, 6) is 0.568. The van der Waals surface area contributed by atoms with Crippen LogP contribution in [0, 0.1) is 0 Å². The molecule has 0 bridgehead atoms. The molecule has 0 aliphatic heterocycles. The van der Waals surface area contributed by atoms with Crippen LogP contribution in [0.3, 0.4) is 0 Å². The molecule has 0 fully saturated rings. The number of nitrogens with one attached hydrogen (secondary N) is 2. The van der Waals surface area contributed by atoms with Crippen molar-refractivity contribution in [1.29, 1.82) is 0 Å². The van der Waals surface area contributed by atoms with Gasteiger partial charge in [0.05, 0.1) is 24.2 Å². The average Bonchev–Trinajstić information content (AvgIpc) is 3.35. The van der Waals surface area contributed by atoms with Crippen LogP contribution in [0.5, 0.6) is 0 Å². The van der Waals surface area contributed by atoms with Crippen molar-refractivity contribution >= 4 is 41.0 Å². The molecular formula is C18H19N5O3S2. The summed E-state index contributed by atoms with van der Waals surface area (Å²) in [5.41, 5.74) is 0.792. The molecule has 2 aromatic heterocycles. The third-order valence-corrected chi connectivity index (χ3v) is 5.61. The monoisotopic (exact) mass is 417 g/mol. The number of benzene rings is 1. The molecule has 28 heavy (non-hydrogen) atoms. The third kappa shape index (κ3) is 4.96. The Morgan fingerprint density at radius 2 is 2.00 bits per heavy atom. The molecule has 0 aliphatic rings. The van der Waals surface area contributed by atoms with Gasteiger partial charge in [0.2, 0.25) is 5.91 Å². The van der Waals surface area contributed by atoms with Crippen molar-refractivity contribution in [2.24, 2.45) is 7.05 Å². The summed E-state index contributed by atoms with van der Waals surface area (Å²) < 4.78 is 6.79. The van der Waals surface area contributed by atoms with Gasteiger partial charge in [0.15, 0.2) is 16.7 Å². The summed E-state index contributed by atoms with van der Waals surface area (Å²) in [6.45, 7) is 0.205. The van der Waals surface area contributed by atoms with Crippen LogP contribution < -0.4 is 10.6 Å². The predicted molar refractivity (Wildman–Crippen MR) is 108 cm³/mol. The van der Waals surface area contributed by atoms with Gasteiger partial charge in [0.1, 0.15) is 0 Å². The van der Waals surface area contributed by atoms with Gasteiger partial charge in [-0.1, -0.05) is 23.9 Å². The maximum atomic E-state index is 12.3. The maximum Gasteiger partial charge on any atom is 0.287 e. The minimum atomic E-state index is -0.325. The van der Waals surface area contributed by atoms with Crippen LogP contribution >= 0.6 is 23.5 Å². The van der Waals surface area contributed by atoms with Crippen LogP contribution in [0.4, 0.5) is 5.69 Å². The first kappa shape index (κ1) is 20.0. The summed E-state index contributed by atoms with van der Waals surface area (Å²) >= 11 is 2.86. The van der Waals surface area contributed by atoms with E-state index in [0.717, 1.165) is 10.6 Å². The summed E-state index contributed by atoms with van der Waals surface area (Å²) in [7, 11) is 1.79. The highest BCUT2D eigenvalue weighted by atomic mass is 32.2. The fraction of sp³-hybridized carbons (Fsp3) is 0.222. The van der Waals surface area contributed by atoms with Gasteiger partial charge in [-0.05, 0) is 30.5 Å². The molecule has 146 valence electrons. The molecule has 0 saturated heterocycles. The maximum absolute atomic E-state index is 12.3. The topological polar surface area (TPSA) is 102 Å². The number of anilines is 1. The lowest BCUT2D eigenvalue weighted by Gasteiger charge is -2.09. The Morgan fingerprint density at radius 3 is 2.75 bits per heavy atom. The largest absolute Gasteiger partial charge is 0.459 e. The Hall–Kier alpha value is -2.72. The normalized spacial score (nSPS) is 10.6. The Balaban J connectivity index is 1.52. The van der Waals surface area contributed by atoms with Gasteiger partial charge in [-0.15, -0.1) is 22.0 Å². The summed E-state index contributed by atoms with van der Waals surface area (Å²) in [6.07, 6.45) is 3.40. The Bertz CT molecular complexity index is 956. The van der Waals surface area contributed by atoms with Crippen molar-refractivity contribution in [2.75, 3.05) is 17.3 Å². The zero-order valence-corrected chi connectivity index (χ0v) is 17.0. The van der Waals surface area contributed by atoms with E-state index in [4.69, 9.17) is 4.42 Å². The molecule has 0 atom stereocenters. The highest BCUT2D eigenvalue weighted by molar-refractivity contribution is 7.99. The average molecular weight is 418 g/mol. The van der Waals surface area contributed by atoms with Gasteiger partial charge in [-0.25, -0.2) is 0 Å². The van der Waals surface area contributed by atoms with Crippen LogP contribution in [-0.2, 0) is 18.4 Å². The van der Waals surface area contributed by atoms with Gasteiger partial charge in [0.25, 0.3) is 5.91 Å². The molecule has 3 rings (SSSR count). The molecule has 2 heterocycles. The fourth-order valence-corrected chi connectivity index (χ4v) is 3.63. The summed E-state index contributed by atoms with van der Waals surface area (Å²) in [5, 5.41) is 14.4. The van der Waals surface area contributed by atoms with Crippen molar-refractivity contribution in [3.8, 4) is 0 Å². The second-order valence-electron chi connectivity index (χ2n) is 5.65. The second kappa shape index (κ2) is 9.47. The predicted octanol–water partition coefficient (Wildman–Crippen LogP) is 2.79. The molecule has 0 radical (unpaired) electrons. The molecule has 2 N–H and O–H groups in total. The number of hydrogen-bond donors (Lipinski definition) is 2. The summed E-state index contributed by atoms with van der Waals surface area (Å²) in [6, 6.07) is 10.9. The Labute approximate surface area is 170 Å². The van der Waals surface area contributed by atoms with Gasteiger partial charge in [-0.3, -0.25) is 9.59 Å². The van der Waals surface area contributed by atoms with Crippen LogP contribution in [0.25, 0.3) is 0 Å². The number of hydrogen-bond acceptors (Lipinski definition) is 7. The molecule has 0 aliphatic carbocycles. The zero-order chi connectivity index (χ0) is 19.9. The lowest BCUT2D eigenvalue weighted by atomic mass is 10.3. The summed E-state index contributed by atoms with van der Waals surface area (Å²) in [4.78, 5) is 25.2. The molecule has 1 aromatic carbocycles. The number of aromatic nitrogens is 3. The number of furan rings is 1. The molecule has 10 heteroatoms. The number of amides is 2. The van der Waals surface area contributed by atoms with Crippen LogP contribution in [0.15, 0.2) is 57.1 Å². The quantitative estimate of drug-likeness (QED) is 0.543. The lowest BCUT2D eigenvalue weighted by molar-refractivity contribution is -0.113. The highest BCUT2D eigenvalue weighted by Gasteiger charge is 2.14. The second-order valence-corrected chi connectivity index (χ2v) is 7.45. The van der Waals surface area contributed by atoms with Gasteiger partial charge in [-0.2, -0.15) is 0 Å². The minimum absolute atomic E-state index is 0.123. The van der Waals surface area contributed by atoms with Gasteiger partial charge >= 0.3 is 0 Å². The Kier molecular flexibility index (Phi) is 6.77. The van der Waals surface area contributed by atoms with E-state index in [-0.39, 0.29) is 29.9 Å².